The highest BCUT2D eigenvalue weighted by Crippen LogP contribution is 2.28. The highest BCUT2D eigenvalue weighted by Gasteiger charge is 2.13. The van der Waals surface area contributed by atoms with Crippen LogP contribution in [0.1, 0.15) is 10.4 Å². The van der Waals surface area contributed by atoms with Gasteiger partial charge in [-0.25, -0.2) is 0 Å². The third-order valence-corrected chi connectivity index (χ3v) is 3.62. The lowest BCUT2D eigenvalue weighted by atomic mass is 10.2. The maximum atomic E-state index is 12.2. The Morgan fingerprint density at radius 1 is 1.30 bits per heavy atom. The summed E-state index contributed by atoms with van der Waals surface area (Å²) in [6, 6.07) is 9.43. The molecule has 2 aromatic carbocycles. The molecule has 0 aliphatic heterocycles. The van der Waals surface area contributed by atoms with Gasteiger partial charge in [-0.2, -0.15) is 0 Å². The fourth-order valence-corrected chi connectivity index (χ4v) is 2.25. The van der Waals surface area contributed by atoms with Gasteiger partial charge in [0.15, 0.2) is 0 Å². The van der Waals surface area contributed by atoms with Crippen LogP contribution in [0.25, 0.3) is 0 Å². The van der Waals surface area contributed by atoms with Gasteiger partial charge in [0.05, 0.1) is 23.4 Å². The fourth-order valence-electron chi connectivity index (χ4n) is 1.60. The number of benzene rings is 2. The van der Waals surface area contributed by atoms with Crippen molar-refractivity contribution in [1.82, 2.24) is 0 Å². The second kappa shape index (κ2) is 6.15. The molecule has 0 saturated heterocycles. The molecule has 20 heavy (non-hydrogen) atoms. The predicted molar refractivity (Wildman–Crippen MR) is 81.8 cm³/mol. The van der Waals surface area contributed by atoms with Crippen LogP contribution in [0.2, 0.25) is 5.02 Å². The number of phenols is 1. The zero-order valence-electron chi connectivity index (χ0n) is 10.5. The molecule has 0 radical (unpaired) electrons. The molecule has 2 rings (SSSR count). The van der Waals surface area contributed by atoms with Crippen molar-refractivity contribution in [3.63, 3.8) is 0 Å². The van der Waals surface area contributed by atoms with Gasteiger partial charge in [0, 0.05) is 10.5 Å². The molecular weight excluding hydrogens is 346 g/mol. The van der Waals surface area contributed by atoms with Gasteiger partial charge in [-0.1, -0.05) is 11.6 Å². The molecule has 0 aliphatic carbocycles. The first-order valence-electron chi connectivity index (χ1n) is 5.64. The minimum Gasteiger partial charge on any atom is -0.508 e. The number of nitrogens with one attached hydrogen (secondary N) is 1. The zero-order valence-corrected chi connectivity index (χ0v) is 12.8. The van der Waals surface area contributed by atoms with E-state index in [1.807, 2.05) is 0 Å². The first-order chi connectivity index (χ1) is 9.51. The van der Waals surface area contributed by atoms with Crippen LogP contribution >= 0.6 is 27.5 Å². The van der Waals surface area contributed by atoms with Crippen LogP contribution in [0.15, 0.2) is 40.9 Å². The van der Waals surface area contributed by atoms with E-state index in [1.54, 1.807) is 18.2 Å². The van der Waals surface area contributed by atoms with E-state index in [0.29, 0.717) is 21.5 Å². The van der Waals surface area contributed by atoms with Crippen LogP contribution < -0.4 is 10.1 Å². The quantitative estimate of drug-likeness (QED) is 0.815. The Hall–Kier alpha value is -1.72. The third kappa shape index (κ3) is 3.23. The van der Waals surface area contributed by atoms with Gasteiger partial charge in [-0.05, 0) is 46.3 Å². The topological polar surface area (TPSA) is 58.6 Å². The number of hydrogen-bond donors (Lipinski definition) is 2. The molecule has 2 aromatic rings. The largest absolute Gasteiger partial charge is 0.508 e. The molecule has 1 amide bonds. The van der Waals surface area contributed by atoms with E-state index in [9.17, 15) is 9.90 Å². The van der Waals surface area contributed by atoms with Gasteiger partial charge in [0.1, 0.15) is 11.5 Å². The predicted octanol–water partition coefficient (Wildman–Crippen LogP) is 4.07. The molecule has 0 aromatic heterocycles. The Labute approximate surface area is 129 Å². The molecule has 0 saturated carbocycles. The Kier molecular flexibility index (Phi) is 4.52. The van der Waals surface area contributed by atoms with Crippen molar-refractivity contribution in [3.05, 3.63) is 51.5 Å². The van der Waals surface area contributed by atoms with E-state index in [2.05, 4.69) is 21.2 Å². The number of aromatic hydroxyl groups is 1. The van der Waals surface area contributed by atoms with Crippen molar-refractivity contribution in [1.29, 1.82) is 0 Å². The van der Waals surface area contributed by atoms with Crippen molar-refractivity contribution in [2.75, 3.05) is 12.4 Å². The van der Waals surface area contributed by atoms with E-state index in [1.165, 1.54) is 25.3 Å². The smallest absolute Gasteiger partial charge is 0.256 e. The van der Waals surface area contributed by atoms with Gasteiger partial charge in [-0.3, -0.25) is 4.79 Å². The molecule has 2 N–H and O–H groups in total. The van der Waals surface area contributed by atoms with Crippen molar-refractivity contribution in [2.24, 2.45) is 0 Å². The number of ether oxygens (including phenoxy) is 1. The average Bonchev–Trinajstić information content (AvgIpc) is 2.42. The zero-order chi connectivity index (χ0) is 14.7. The number of rotatable bonds is 3. The summed E-state index contributed by atoms with van der Waals surface area (Å²) in [4.78, 5) is 12.2. The Morgan fingerprint density at radius 2 is 2.05 bits per heavy atom. The minimum absolute atomic E-state index is 0.0376. The van der Waals surface area contributed by atoms with E-state index in [-0.39, 0.29) is 16.7 Å². The lowest BCUT2D eigenvalue weighted by Crippen LogP contribution is -2.13. The first kappa shape index (κ1) is 14.7. The van der Waals surface area contributed by atoms with Crippen LogP contribution in [-0.2, 0) is 0 Å². The summed E-state index contributed by atoms with van der Waals surface area (Å²) in [5, 5.41) is 12.2. The Bertz CT molecular complexity index is 661. The number of carbonyl (C=O) groups is 1. The van der Waals surface area contributed by atoms with Gasteiger partial charge in [-0.15, -0.1) is 0 Å². The van der Waals surface area contributed by atoms with Gasteiger partial charge < -0.3 is 15.2 Å². The second-order valence-electron chi connectivity index (χ2n) is 3.96. The van der Waals surface area contributed by atoms with Gasteiger partial charge in [0.2, 0.25) is 0 Å². The van der Waals surface area contributed by atoms with Crippen LogP contribution in [0, 0.1) is 0 Å². The van der Waals surface area contributed by atoms with Crippen LogP contribution in [-0.4, -0.2) is 18.1 Å². The normalized spacial score (nSPS) is 10.2. The van der Waals surface area contributed by atoms with Crippen molar-refractivity contribution < 1.29 is 14.6 Å². The molecule has 0 spiro atoms. The molecule has 4 nitrogen and oxygen atoms in total. The van der Waals surface area contributed by atoms with Gasteiger partial charge in [0.25, 0.3) is 5.91 Å². The molecule has 0 bridgehead atoms. The monoisotopic (exact) mass is 355 g/mol. The summed E-state index contributed by atoms with van der Waals surface area (Å²) >= 11 is 9.26. The summed E-state index contributed by atoms with van der Waals surface area (Å²) in [6.07, 6.45) is 0. The van der Waals surface area contributed by atoms with E-state index >= 15 is 0 Å². The standard InChI is InChI=1S/C14H11BrClNO3/c1-20-9-3-4-11(15)10(7-9)14(19)17-13-5-2-8(18)6-12(13)16/h2-7,18H,1H3,(H,17,19). The summed E-state index contributed by atoms with van der Waals surface area (Å²) in [7, 11) is 1.53. The van der Waals surface area contributed by atoms with Crippen molar-refractivity contribution >= 4 is 39.1 Å². The fraction of sp³-hybridized carbons (Fsp3) is 0.0714. The van der Waals surface area contributed by atoms with Crippen LogP contribution in [0.5, 0.6) is 11.5 Å². The minimum atomic E-state index is -0.330. The van der Waals surface area contributed by atoms with Crippen LogP contribution in [0.4, 0.5) is 5.69 Å². The number of halogens is 2. The van der Waals surface area contributed by atoms with E-state index in [4.69, 9.17) is 16.3 Å². The first-order valence-corrected chi connectivity index (χ1v) is 6.82. The van der Waals surface area contributed by atoms with E-state index < -0.39 is 0 Å². The number of methoxy groups -OCH3 is 1. The number of amides is 1. The lowest BCUT2D eigenvalue weighted by molar-refractivity contribution is 0.102. The summed E-state index contributed by atoms with van der Waals surface area (Å²) in [6.45, 7) is 0. The Morgan fingerprint density at radius 3 is 2.70 bits per heavy atom. The molecular formula is C14H11BrClNO3. The second-order valence-corrected chi connectivity index (χ2v) is 5.23. The number of hydrogen-bond acceptors (Lipinski definition) is 3. The SMILES string of the molecule is COc1ccc(Br)c(C(=O)Nc2ccc(O)cc2Cl)c1. The van der Waals surface area contributed by atoms with Crippen LogP contribution in [0.3, 0.4) is 0 Å². The molecule has 0 aliphatic rings. The maximum Gasteiger partial charge on any atom is 0.256 e. The van der Waals surface area contributed by atoms with E-state index in [0.717, 1.165) is 0 Å². The summed E-state index contributed by atoms with van der Waals surface area (Å²) in [5.74, 6) is 0.286. The molecule has 104 valence electrons. The Balaban J connectivity index is 2.28. The number of anilines is 1. The lowest BCUT2D eigenvalue weighted by Gasteiger charge is -2.10. The molecule has 0 heterocycles. The average molecular weight is 357 g/mol. The van der Waals surface area contributed by atoms with Crippen molar-refractivity contribution in [2.45, 2.75) is 0 Å². The molecule has 6 heteroatoms. The maximum absolute atomic E-state index is 12.2. The molecule has 0 atom stereocenters. The molecule has 0 unspecified atom stereocenters. The highest BCUT2D eigenvalue weighted by molar-refractivity contribution is 9.10. The summed E-state index contributed by atoms with van der Waals surface area (Å²) in [5.41, 5.74) is 0.845. The van der Waals surface area contributed by atoms with Crippen molar-refractivity contribution in [3.8, 4) is 11.5 Å². The highest BCUT2D eigenvalue weighted by atomic mass is 79.9. The third-order valence-electron chi connectivity index (χ3n) is 2.62. The molecule has 0 fully saturated rings. The number of carbonyl (C=O) groups excluding carboxylic acids is 1. The van der Waals surface area contributed by atoms with Gasteiger partial charge >= 0.3 is 0 Å². The number of phenolic OH excluding ortho intramolecular Hbond substituents is 1. The summed E-state index contributed by atoms with van der Waals surface area (Å²) < 4.78 is 5.73.